The summed E-state index contributed by atoms with van der Waals surface area (Å²) in [5.41, 5.74) is 14.4. The molecule has 0 spiro atoms. The van der Waals surface area contributed by atoms with E-state index >= 15 is 0 Å². The zero-order valence-electron chi connectivity index (χ0n) is 31.5. The summed E-state index contributed by atoms with van der Waals surface area (Å²) >= 11 is 0. The predicted octanol–water partition coefficient (Wildman–Crippen LogP) is 15.8. The Morgan fingerprint density at radius 2 is 0.690 bits per heavy atom. The highest BCUT2D eigenvalue weighted by Gasteiger charge is 2.21. The standard InChI is InChI=1S/C54H36N2O2/c1-4-14-38(15-5-1)49-34-39(26-33-50(49)56(41-18-8-3-9-19-41)44-30-32-48-46-21-11-13-23-52(46)58-54(48)36-44)37-24-27-42(28-25-37)55(40-16-6-2-7-17-40)43-29-31-47-45-20-10-12-22-51(45)57-53(47)35-43/h1-36H. The summed E-state index contributed by atoms with van der Waals surface area (Å²) < 4.78 is 12.7. The fourth-order valence-corrected chi connectivity index (χ4v) is 8.30. The smallest absolute Gasteiger partial charge is 0.137 e. The molecule has 0 amide bonds. The van der Waals surface area contributed by atoms with E-state index in [0.29, 0.717) is 0 Å². The molecule has 0 fully saturated rings. The SMILES string of the molecule is c1ccc(-c2cc(-c3ccc(N(c4ccccc4)c4ccc5c(c4)oc4ccccc45)cc3)ccc2N(c2ccccc2)c2ccc3c(c2)oc2ccccc23)cc1. The number of nitrogens with zero attached hydrogens (tertiary/aromatic N) is 2. The predicted molar refractivity (Wildman–Crippen MR) is 241 cm³/mol. The summed E-state index contributed by atoms with van der Waals surface area (Å²) in [5, 5.41) is 4.46. The Morgan fingerprint density at radius 1 is 0.259 bits per heavy atom. The van der Waals surface area contributed by atoms with Gasteiger partial charge in [-0.15, -0.1) is 0 Å². The summed E-state index contributed by atoms with van der Waals surface area (Å²) in [6, 6.07) is 76.9. The highest BCUT2D eigenvalue weighted by Crippen LogP contribution is 2.45. The first-order valence-electron chi connectivity index (χ1n) is 19.6. The van der Waals surface area contributed by atoms with Gasteiger partial charge in [0.15, 0.2) is 0 Å². The van der Waals surface area contributed by atoms with E-state index in [9.17, 15) is 0 Å². The van der Waals surface area contributed by atoms with Gasteiger partial charge in [-0.05, 0) is 102 Å². The van der Waals surface area contributed by atoms with Crippen LogP contribution in [0, 0.1) is 0 Å². The van der Waals surface area contributed by atoms with E-state index < -0.39 is 0 Å². The van der Waals surface area contributed by atoms with Crippen molar-refractivity contribution < 1.29 is 8.83 Å². The van der Waals surface area contributed by atoms with Gasteiger partial charge in [0.2, 0.25) is 0 Å². The van der Waals surface area contributed by atoms with Gasteiger partial charge in [0, 0.05) is 67.7 Å². The normalized spacial score (nSPS) is 11.4. The minimum Gasteiger partial charge on any atom is -0.456 e. The molecule has 0 bridgehead atoms. The van der Waals surface area contributed by atoms with Gasteiger partial charge in [0.1, 0.15) is 22.3 Å². The maximum atomic E-state index is 6.39. The summed E-state index contributed by atoms with van der Waals surface area (Å²) in [5.74, 6) is 0. The van der Waals surface area contributed by atoms with Crippen LogP contribution in [0.5, 0.6) is 0 Å². The van der Waals surface area contributed by atoms with Crippen LogP contribution in [0.15, 0.2) is 227 Å². The molecule has 2 aromatic heterocycles. The number of furan rings is 2. The second-order valence-electron chi connectivity index (χ2n) is 14.5. The Morgan fingerprint density at radius 3 is 1.28 bits per heavy atom. The molecule has 4 heteroatoms. The lowest BCUT2D eigenvalue weighted by atomic mass is 9.96. The summed E-state index contributed by atoms with van der Waals surface area (Å²) in [6.07, 6.45) is 0. The van der Waals surface area contributed by atoms with Crippen molar-refractivity contribution in [1.29, 1.82) is 0 Å². The molecule has 11 rings (SSSR count). The van der Waals surface area contributed by atoms with E-state index in [4.69, 9.17) is 8.83 Å². The van der Waals surface area contributed by atoms with Crippen molar-refractivity contribution in [1.82, 2.24) is 0 Å². The van der Waals surface area contributed by atoms with Crippen molar-refractivity contribution in [3.8, 4) is 22.3 Å². The van der Waals surface area contributed by atoms with Crippen LogP contribution in [0.1, 0.15) is 0 Å². The molecule has 0 unspecified atom stereocenters. The Hall–Kier alpha value is -7.82. The van der Waals surface area contributed by atoms with Crippen LogP contribution >= 0.6 is 0 Å². The molecule has 0 saturated carbocycles. The monoisotopic (exact) mass is 744 g/mol. The summed E-state index contributed by atoms with van der Waals surface area (Å²) in [4.78, 5) is 4.61. The molecule has 58 heavy (non-hydrogen) atoms. The third-order valence-corrected chi connectivity index (χ3v) is 11.1. The fourth-order valence-electron chi connectivity index (χ4n) is 8.30. The van der Waals surface area contributed by atoms with Gasteiger partial charge in [0.25, 0.3) is 0 Å². The number of hydrogen-bond donors (Lipinski definition) is 0. The lowest BCUT2D eigenvalue weighted by Crippen LogP contribution is -2.11. The molecule has 0 saturated heterocycles. The van der Waals surface area contributed by atoms with E-state index in [1.165, 1.54) is 0 Å². The molecule has 9 aromatic carbocycles. The highest BCUT2D eigenvalue weighted by atomic mass is 16.3. The van der Waals surface area contributed by atoms with Crippen LogP contribution in [0.2, 0.25) is 0 Å². The van der Waals surface area contributed by atoms with Gasteiger partial charge < -0.3 is 18.6 Å². The van der Waals surface area contributed by atoms with Gasteiger partial charge in [-0.2, -0.15) is 0 Å². The molecule has 0 radical (unpaired) electrons. The van der Waals surface area contributed by atoms with Gasteiger partial charge >= 0.3 is 0 Å². The second kappa shape index (κ2) is 14.0. The van der Waals surface area contributed by atoms with Crippen LogP contribution in [-0.2, 0) is 0 Å². The first-order valence-corrected chi connectivity index (χ1v) is 19.6. The average Bonchev–Trinajstić information content (AvgIpc) is 3.86. The number of hydrogen-bond acceptors (Lipinski definition) is 4. The van der Waals surface area contributed by atoms with E-state index in [1.807, 2.05) is 24.3 Å². The minimum absolute atomic E-state index is 0.861. The van der Waals surface area contributed by atoms with Gasteiger partial charge in [0.05, 0.1) is 5.69 Å². The third-order valence-electron chi connectivity index (χ3n) is 11.1. The topological polar surface area (TPSA) is 32.8 Å². The van der Waals surface area contributed by atoms with Crippen molar-refractivity contribution in [3.05, 3.63) is 218 Å². The summed E-state index contributed by atoms with van der Waals surface area (Å²) in [6.45, 7) is 0. The Labute approximate surface area is 336 Å². The zero-order chi connectivity index (χ0) is 38.4. The molecule has 11 aromatic rings. The van der Waals surface area contributed by atoms with Gasteiger partial charge in [-0.3, -0.25) is 0 Å². The highest BCUT2D eigenvalue weighted by molar-refractivity contribution is 6.07. The number of benzene rings is 9. The zero-order valence-corrected chi connectivity index (χ0v) is 31.5. The number of para-hydroxylation sites is 4. The maximum absolute atomic E-state index is 6.39. The number of rotatable bonds is 8. The molecular weight excluding hydrogens is 709 g/mol. The maximum Gasteiger partial charge on any atom is 0.137 e. The molecule has 0 aliphatic carbocycles. The second-order valence-corrected chi connectivity index (χ2v) is 14.5. The van der Waals surface area contributed by atoms with Crippen molar-refractivity contribution in [3.63, 3.8) is 0 Å². The molecule has 2 heterocycles. The Kier molecular flexibility index (Phi) is 8.11. The van der Waals surface area contributed by atoms with Crippen LogP contribution in [-0.4, -0.2) is 0 Å². The molecule has 0 aliphatic rings. The van der Waals surface area contributed by atoms with Crippen molar-refractivity contribution in [2.75, 3.05) is 9.80 Å². The first-order chi connectivity index (χ1) is 28.7. The largest absolute Gasteiger partial charge is 0.456 e. The molecule has 4 nitrogen and oxygen atoms in total. The Balaban J connectivity index is 1.01. The molecule has 0 aliphatic heterocycles. The van der Waals surface area contributed by atoms with E-state index in [-0.39, 0.29) is 0 Å². The molecule has 274 valence electrons. The third kappa shape index (κ3) is 5.87. The van der Waals surface area contributed by atoms with Crippen molar-refractivity contribution in [2.45, 2.75) is 0 Å². The average molecular weight is 745 g/mol. The lowest BCUT2D eigenvalue weighted by Gasteiger charge is -2.28. The molecule has 0 N–H and O–H groups in total. The van der Waals surface area contributed by atoms with E-state index in [1.54, 1.807) is 0 Å². The first kappa shape index (κ1) is 33.5. The molecular formula is C54H36N2O2. The molecule has 0 atom stereocenters. The quantitative estimate of drug-likeness (QED) is 0.155. The minimum atomic E-state index is 0.861. The van der Waals surface area contributed by atoms with E-state index in [0.717, 1.165) is 100 Å². The van der Waals surface area contributed by atoms with Crippen LogP contribution in [0.4, 0.5) is 34.1 Å². The van der Waals surface area contributed by atoms with Crippen LogP contribution in [0.3, 0.4) is 0 Å². The van der Waals surface area contributed by atoms with Gasteiger partial charge in [-0.25, -0.2) is 0 Å². The number of anilines is 6. The van der Waals surface area contributed by atoms with Crippen LogP contribution < -0.4 is 9.80 Å². The van der Waals surface area contributed by atoms with Crippen molar-refractivity contribution in [2.24, 2.45) is 0 Å². The Bertz CT molecular complexity index is 3220. The van der Waals surface area contributed by atoms with E-state index in [2.05, 4.69) is 204 Å². The summed E-state index contributed by atoms with van der Waals surface area (Å²) in [7, 11) is 0. The van der Waals surface area contributed by atoms with Crippen molar-refractivity contribution >= 4 is 78.0 Å². The van der Waals surface area contributed by atoms with Crippen LogP contribution in [0.25, 0.3) is 66.1 Å². The van der Waals surface area contributed by atoms with Gasteiger partial charge in [-0.1, -0.05) is 121 Å². The lowest BCUT2D eigenvalue weighted by molar-refractivity contribution is 0.668. The number of fused-ring (bicyclic) bond motifs is 6. The fraction of sp³-hybridized carbons (Fsp3) is 0.